The van der Waals surface area contributed by atoms with Crippen LogP contribution in [0.4, 0.5) is 0 Å². The molecule has 8 heavy (non-hydrogen) atoms. The van der Waals surface area contributed by atoms with E-state index in [4.69, 9.17) is 4.18 Å². The molecule has 0 saturated carbocycles. The Labute approximate surface area is 57.6 Å². The largest absolute Gasteiger partial charge is 0.428 e. The van der Waals surface area contributed by atoms with Crippen molar-refractivity contribution in [2.45, 2.75) is 0 Å². The van der Waals surface area contributed by atoms with Crippen LogP contribution in [0, 0.1) is 0 Å². The summed E-state index contributed by atoms with van der Waals surface area (Å²) in [6.07, 6.45) is 5.33. The van der Waals surface area contributed by atoms with Crippen LogP contribution in [0.1, 0.15) is 0 Å². The molecular formula is C5H4OS2. The maximum Gasteiger partial charge on any atom is 0.103 e. The topological polar surface area (TPSA) is 9.23 Å². The first-order chi connectivity index (χ1) is 3.93. The summed E-state index contributed by atoms with van der Waals surface area (Å²) >= 11 is 5.90. The molecule has 0 spiro atoms. The van der Waals surface area contributed by atoms with Crippen LogP contribution in [0.3, 0.4) is 0 Å². The van der Waals surface area contributed by atoms with Gasteiger partial charge in [-0.1, -0.05) is 12.2 Å². The molecule has 1 aliphatic heterocycles. The molecule has 3 heteroatoms. The standard InChI is InChI=1S/C5H4OS2/c7-4-2-5-1-3-6-8-5/h1-4H/b5-2-. The first kappa shape index (κ1) is 5.85. The Morgan fingerprint density at radius 2 is 2.62 bits per heavy atom. The van der Waals surface area contributed by atoms with E-state index >= 15 is 0 Å². The highest BCUT2D eigenvalue weighted by Crippen LogP contribution is 2.24. The lowest BCUT2D eigenvalue weighted by Crippen LogP contribution is -1.61. The van der Waals surface area contributed by atoms with E-state index in [1.165, 1.54) is 12.0 Å². The summed E-state index contributed by atoms with van der Waals surface area (Å²) in [6, 6.07) is 0. The van der Waals surface area contributed by atoms with Crippen molar-refractivity contribution in [1.29, 1.82) is 0 Å². The van der Waals surface area contributed by atoms with Gasteiger partial charge in [0.2, 0.25) is 0 Å². The summed E-state index contributed by atoms with van der Waals surface area (Å²) in [5, 5.41) is 1.57. The number of thiocarbonyl (C=S) groups is 1. The smallest absolute Gasteiger partial charge is 0.103 e. The minimum atomic E-state index is 1.06. The fraction of sp³-hybridized carbons (Fsp3) is 0. The van der Waals surface area contributed by atoms with Gasteiger partial charge in [0.1, 0.15) is 6.26 Å². The van der Waals surface area contributed by atoms with E-state index in [-0.39, 0.29) is 0 Å². The van der Waals surface area contributed by atoms with Crippen LogP contribution in [0.25, 0.3) is 0 Å². The van der Waals surface area contributed by atoms with Gasteiger partial charge in [0.25, 0.3) is 0 Å². The van der Waals surface area contributed by atoms with Crippen LogP contribution in [0.15, 0.2) is 23.3 Å². The Bertz CT molecular complexity index is 149. The van der Waals surface area contributed by atoms with E-state index in [0.717, 1.165) is 4.91 Å². The normalized spacial score (nSPS) is 21.2. The minimum Gasteiger partial charge on any atom is -0.428 e. The van der Waals surface area contributed by atoms with Crippen molar-refractivity contribution in [3.8, 4) is 0 Å². The van der Waals surface area contributed by atoms with Gasteiger partial charge in [-0.3, -0.25) is 0 Å². The Balaban J connectivity index is 2.58. The molecule has 0 aromatic heterocycles. The first-order valence-electron chi connectivity index (χ1n) is 2.09. The van der Waals surface area contributed by atoms with Gasteiger partial charge in [-0.15, -0.1) is 0 Å². The fourth-order valence-electron chi connectivity index (χ4n) is 0.356. The summed E-state index contributed by atoms with van der Waals surface area (Å²) in [4.78, 5) is 1.06. The zero-order valence-electron chi connectivity index (χ0n) is 4.03. The molecule has 0 aliphatic carbocycles. The third-order valence-corrected chi connectivity index (χ3v) is 1.47. The van der Waals surface area contributed by atoms with E-state index in [1.54, 1.807) is 11.6 Å². The second kappa shape index (κ2) is 2.89. The van der Waals surface area contributed by atoms with Crippen molar-refractivity contribution in [2.24, 2.45) is 0 Å². The van der Waals surface area contributed by atoms with Gasteiger partial charge in [-0.05, 0) is 12.2 Å². The van der Waals surface area contributed by atoms with E-state index in [0.29, 0.717) is 0 Å². The maximum atomic E-state index is 4.81. The van der Waals surface area contributed by atoms with Crippen molar-refractivity contribution in [1.82, 2.24) is 0 Å². The average molecular weight is 144 g/mol. The Hall–Kier alpha value is -0.280. The van der Waals surface area contributed by atoms with Gasteiger partial charge >= 0.3 is 0 Å². The van der Waals surface area contributed by atoms with Crippen LogP contribution in [-0.2, 0) is 4.18 Å². The van der Waals surface area contributed by atoms with Crippen LogP contribution >= 0.6 is 24.3 Å². The molecule has 42 valence electrons. The predicted molar refractivity (Wildman–Crippen MR) is 39.6 cm³/mol. The van der Waals surface area contributed by atoms with Gasteiger partial charge in [0.05, 0.1) is 16.9 Å². The number of allylic oxidation sites excluding steroid dienone is 2. The lowest BCUT2D eigenvalue weighted by atomic mass is 10.5. The highest BCUT2D eigenvalue weighted by molar-refractivity contribution is 7.99. The van der Waals surface area contributed by atoms with E-state index < -0.39 is 0 Å². The molecule has 0 radical (unpaired) electrons. The summed E-state index contributed by atoms with van der Waals surface area (Å²) < 4.78 is 4.81. The summed E-state index contributed by atoms with van der Waals surface area (Å²) in [5.41, 5.74) is 0. The van der Waals surface area contributed by atoms with Crippen molar-refractivity contribution >= 4 is 29.6 Å². The second-order valence-corrected chi connectivity index (χ2v) is 2.29. The summed E-state index contributed by atoms with van der Waals surface area (Å²) in [7, 11) is 0. The molecule has 1 aliphatic rings. The van der Waals surface area contributed by atoms with Crippen molar-refractivity contribution in [3.05, 3.63) is 23.3 Å². The van der Waals surface area contributed by atoms with E-state index in [2.05, 4.69) is 12.2 Å². The molecule has 0 saturated heterocycles. The van der Waals surface area contributed by atoms with Gasteiger partial charge < -0.3 is 4.18 Å². The molecular weight excluding hydrogens is 140 g/mol. The third-order valence-electron chi connectivity index (χ3n) is 0.665. The van der Waals surface area contributed by atoms with Crippen molar-refractivity contribution < 1.29 is 4.18 Å². The Kier molecular flexibility index (Phi) is 2.11. The van der Waals surface area contributed by atoms with E-state index in [1.807, 2.05) is 12.2 Å². The Morgan fingerprint density at radius 1 is 1.75 bits per heavy atom. The Morgan fingerprint density at radius 3 is 3.12 bits per heavy atom. The second-order valence-electron chi connectivity index (χ2n) is 1.19. The highest BCUT2D eigenvalue weighted by atomic mass is 32.2. The van der Waals surface area contributed by atoms with Crippen LogP contribution in [0.5, 0.6) is 0 Å². The SMILES string of the molecule is S=C/C=C1/C=COS1. The lowest BCUT2D eigenvalue weighted by Gasteiger charge is -1.83. The molecule has 0 aromatic rings. The van der Waals surface area contributed by atoms with E-state index in [9.17, 15) is 0 Å². The van der Waals surface area contributed by atoms with Crippen LogP contribution < -0.4 is 0 Å². The fourth-order valence-corrected chi connectivity index (χ4v) is 1.05. The monoisotopic (exact) mass is 144 g/mol. The summed E-state index contributed by atoms with van der Waals surface area (Å²) in [5.74, 6) is 0. The molecule has 0 N–H and O–H groups in total. The zero-order chi connectivity index (χ0) is 5.82. The molecule has 1 rings (SSSR count). The summed E-state index contributed by atoms with van der Waals surface area (Å²) in [6.45, 7) is 0. The average Bonchev–Trinajstić information content (AvgIpc) is 2.19. The van der Waals surface area contributed by atoms with Crippen molar-refractivity contribution in [2.75, 3.05) is 0 Å². The van der Waals surface area contributed by atoms with Crippen LogP contribution in [-0.4, -0.2) is 5.37 Å². The number of hydrogen-bond donors (Lipinski definition) is 0. The highest BCUT2D eigenvalue weighted by Gasteiger charge is 1.97. The van der Waals surface area contributed by atoms with Crippen LogP contribution in [0.2, 0.25) is 0 Å². The molecule has 0 fully saturated rings. The lowest BCUT2D eigenvalue weighted by molar-refractivity contribution is 0.579. The molecule has 0 bridgehead atoms. The van der Waals surface area contributed by atoms with Gasteiger partial charge in [0.15, 0.2) is 0 Å². The maximum absolute atomic E-state index is 4.81. The molecule has 1 heterocycles. The number of rotatable bonds is 1. The molecule has 1 nitrogen and oxygen atoms in total. The molecule has 0 aromatic carbocycles. The quantitative estimate of drug-likeness (QED) is 0.317. The molecule has 0 atom stereocenters. The van der Waals surface area contributed by atoms with Gasteiger partial charge in [-0.2, -0.15) is 0 Å². The third kappa shape index (κ3) is 1.35. The number of hydrogen-bond acceptors (Lipinski definition) is 3. The predicted octanol–water partition coefficient (Wildman–Crippen LogP) is 2.06. The van der Waals surface area contributed by atoms with Gasteiger partial charge in [0, 0.05) is 5.37 Å². The van der Waals surface area contributed by atoms with Gasteiger partial charge in [-0.25, -0.2) is 0 Å². The minimum absolute atomic E-state index is 1.06. The molecule has 0 amide bonds. The first-order valence-corrected chi connectivity index (χ1v) is 3.30. The molecule has 0 unspecified atom stereocenters. The van der Waals surface area contributed by atoms with Crippen molar-refractivity contribution in [3.63, 3.8) is 0 Å². The zero-order valence-corrected chi connectivity index (χ0v) is 5.67.